The van der Waals surface area contributed by atoms with Crippen molar-refractivity contribution in [2.24, 2.45) is 0 Å². The second-order valence-corrected chi connectivity index (χ2v) is 9.08. The van der Waals surface area contributed by atoms with Crippen molar-refractivity contribution in [2.75, 3.05) is 13.2 Å². The van der Waals surface area contributed by atoms with Crippen LogP contribution in [0.1, 0.15) is 52.6 Å². The van der Waals surface area contributed by atoms with Crippen LogP contribution in [0.3, 0.4) is 0 Å². The third-order valence-corrected chi connectivity index (χ3v) is 5.85. The molecule has 0 radical (unpaired) electrons. The predicted octanol–water partition coefficient (Wildman–Crippen LogP) is 6.09. The number of hydrogen-bond donors (Lipinski definition) is 0. The van der Waals surface area contributed by atoms with E-state index in [0.29, 0.717) is 11.3 Å². The summed E-state index contributed by atoms with van der Waals surface area (Å²) in [4.78, 5) is 25.0. The lowest BCUT2D eigenvalue weighted by Gasteiger charge is -2.14. The molecule has 0 aliphatic rings. The smallest absolute Gasteiger partial charge is 0.344 e. The maximum atomic E-state index is 12.7. The second kappa shape index (κ2) is 10.2. The Morgan fingerprint density at radius 1 is 0.969 bits per heavy atom. The number of esters is 1. The molecule has 0 fully saturated rings. The standard InChI is InChI=1S/C26H28BrNO4/c1-16(2)22-11-6-17(3)12-25(22)31-15-26(30)32-14-24(29)23-13-18(4)28(19(23)5)21-9-7-20(27)8-10-21/h6-13,16H,14-15H2,1-5H3. The van der Waals surface area contributed by atoms with E-state index in [1.807, 2.05) is 73.9 Å². The molecule has 0 spiro atoms. The predicted molar refractivity (Wildman–Crippen MR) is 129 cm³/mol. The first-order chi connectivity index (χ1) is 15.2. The van der Waals surface area contributed by atoms with Gasteiger partial charge in [-0.25, -0.2) is 4.79 Å². The van der Waals surface area contributed by atoms with Gasteiger partial charge >= 0.3 is 5.97 Å². The summed E-state index contributed by atoms with van der Waals surface area (Å²) in [6.07, 6.45) is 0. The van der Waals surface area contributed by atoms with Crippen LogP contribution >= 0.6 is 15.9 Å². The highest BCUT2D eigenvalue weighted by Gasteiger charge is 2.19. The van der Waals surface area contributed by atoms with Crippen molar-refractivity contribution in [1.82, 2.24) is 4.57 Å². The van der Waals surface area contributed by atoms with E-state index in [1.165, 1.54) is 0 Å². The van der Waals surface area contributed by atoms with Gasteiger partial charge < -0.3 is 14.0 Å². The number of benzene rings is 2. The zero-order valence-electron chi connectivity index (χ0n) is 19.1. The molecule has 0 amide bonds. The zero-order chi connectivity index (χ0) is 23.4. The molecule has 3 rings (SSSR count). The molecule has 2 aromatic carbocycles. The van der Waals surface area contributed by atoms with Gasteiger partial charge in [0.05, 0.1) is 0 Å². The van der Waals surface area contributed by atoms with Gasteiger partial charge in [0.25, 0.3) is 0 Å². The highest BCUT2D eigenvalue weighted by Crippen LogP contribution is 2.27. The molecule has 0 aliphatic heterocycles. The molecule has 32 heavy (non-hydrogen) atoms. The summed E-state index contributed by atoms with van der Waals surface area (Å²) in [7, 11) is 0. The summed E-state index contributed by atoms with van der Waals surface area (Å²) in [5.74, 6) is 0.120. The fourth-order valence-electron chi connectivity index (χ4n) is 3.68. The quantitative estimate of drug-likeness (QED) is 0.279. The minimum atomic E-state index is -0.573. The molecule has 0 saturated carbocycles. The van der Waals surface area contributed by atoms with Crippen LogP contribution in [0, 0.1) is 20.8 Å². The maximum Gasteiger partial charge on any atom is 0.344 e. The van der Waals surface area contributed by atoms with Crippen LogP contribution in [0.4, 0.5) is 0 Å². The van der Waals surface area contributed by atoms with Crippen molar-refractivity contribution in [3.05, 3.63) is 81.1 Å². The van der Waals surface area contributed by atoms with Crippen molar-refractivity contribution < 1.29 is 19.1 Å². The lowest BCUT2D eigenvalue weighted by molar-refractivity contribution is -0.144. The largest absolute Gasteiger partial charge is 0.482 e. The molecule has 1 heterocycles. The van der Waals surface area contributed by atoms with E-state index in [4.69, 9.17) is 9.47 Å². The number of Topliss-reactive ketones (excluding diaryl/α,β-unsaturated/α-hetero) is 1. The highest BCUT2D eigenvalue weighted by molar-refractivity contribution is 9.10. The average Bonchev–Trinajstić information content (AvgIpc) is 3.05. The number of nitrogens with zero attached hydrogens (tertiary/aromatic N) is 1. The number of ether oxygens (including phenoxy) is 2. The minimum absolute atomic E-state index is 0.242. The number of ketones is 1. The number of aromatic nitrogens is 1. The lowest BCUT2D eigenvalue weighted by atomic mass is 10.0. The van der Waals surface area contributed by atoms with E-state index in [-0.39, 0.29) is 24.9 Å². The monoisotopic (exact) mass is 497 g/mol. The molecule has 0 N–H and O–H groups in total. The summed E-state index contributed by atoms with van der Waals surface area (Å²) in [6, 6.07) is 15.6. The topological polar surface area (TPSA) is 57.5 Å². The third kappa shape index (κ3) is 5.49. The van der Waals surface area contributed by atoms with Gasteiger partial charge in [0, 0.05) is 27.1 Å². The summed E-state index contributed by atoms with van der Waals surface area (Å²) >= 11 is 3.44. The molecular weight excluding hydrogens is 470 g/mol. The van der Waals surface area contributed by atoms with Crippen LogP contribution in [0.5, 0.6) is 5.75 Å². The van der Waals surface area contributed by atoms with Gasteiger partial charge in [-0.1, -0.05) is 41.9 Å². The molecule has 0 atom stereocenters. The van der Waals surface area contributed by atoms with Gasteiger partial charge in [0.15, 0.2) is 13.2 Å². The molecule has 5 nitrogen and oxygen atoms in total. The molecule has 0 aliphatic carbocycles. The number of carbonyl (C=O) groups is 2. The Bertz CT molecular complexity index is 1130. The summed E-state index contributed by atoms with van der Waals surface area (Å²) in [6.45, 7) is 9.38. The van der Waals surface area contributed by atoms with Crippen LogP contribution in [0.15, 0.2) is 53.0 Å². The second-order valence-electron chi connectivity index (χ2n) is 8.17. The van der Waals surface area contributed by atoms with E-state index in [2.05, 4.69) is 29.8 Å². The zero-order valence-corrected chi connectivity index (χ0v) is 20.7. The van der Waals surface area contributed by atoms with Crippen molar-refractivity contribution in [3.63, 3.8) is 0 Å². The summed E-state index contributed by atoms with van der Waals surface area (Å²) < 4.78 is 13.9. The summed E-state index contributed by atoms with van der Waals surface area (Å²) in [5, 5.41) is 0. The van der Waals surface area contributed by atoms with E-state index in [1.54, 1.807) is 0 Å². The Morgan fingerprint density at radius 2 is 1.66 bits per heavy atom. The van der Waals surface area contributed by atoms with Crippen LogP contribution < -0.4 is 4.74 Å². The lowest BCUT2D eigenvalue weighted by Crippen LogP contribution is -2.20. The van der Waals surface area contributed by atoms with Gasteiger partial charge in [-0.05, 0) is 74.2 Å². The first kappa shape index (κ1) is 23.8. The van der Waals surface area contributed by atoms with Gasteiger partial charge in [0.2, 0.25) is 5.78 Å². The SMILES string of the molecule is Cc1ccc(C(C)C)c(OCC(=O)OCC(=O)c2cc(C)n(-c3ccc(Br)cc3)c2C)c1. The molecular formula is C26H28BrNO4. The van der Waals surface area contributed by atoms with E-state index in [0.717, 1.165) is 32.7 Å². The fraction of sp³-hybridized carbons (Fsp3) is 0.308. The van der Waals surface area contributed by atoms with E-state index < -0.39 is 5.97 Å². The van der Waals surface area contributed by atoms with Crippen molar-refractivity contribution in [2.45, 2.75) is 40.5 Å². The van der Waals surface area contributed by atoms with Gasteiger partial charge in [0.1, 0.15) is 5.75 Å². The van der Waals surface area contributed by atoms with Crippen LogP contribution in [-0.2, 0) is 9.53 Å². The van der Waals surface area contributed by atoms with Gasteiger partial charge in [-0.3, -0.25) is 4.79 Å². The highest BCUT2D eigenvalue weighted by atomic mass is 79.9. The van der Waals surface area contributed by atoms with E-state index in [9.17, 15) is 9.59 Å². The Kier molecular flexibility index (Phi) is 7.56. The maximum absolute atomic E-state index is 12.7. The number of rotatable bonds is 8. The number of hydrogen-bond acceptors (Lipinski definition) is 4. The number of carbonyl (C=O) groups excluding carboxylic acids is 2. The Labute approximate surface area is 197 Å². The molecule has 1 aromatic heterocycles. The van der Waals surface area contributed by atoms with E-state index >= 15 is 0 Å². The first-order valence-corrected chi connectivity index (χ1v) is 11.3. The van der Waals surface area contributed by atoms with Crippen molar-refractivity contribution in [3.8, 4) is 11.4 Å². The molecule has 0 unspecified atom stereocenters. The van der Waals surface area contributed by atoms with Crippen molar-refractivity contribution >= 4 is 27.7 Å². The summed E-state index contributed by atoms with van der Waals surface area (Å²) in [5.41, 5.74) is 5.33. The molecule has 168 valence electrons. The Balaban J connectivity index is 1.63. The van der Waals surface area contributed by atoms with Crippen LogP contribution in [0.25, 0.3) is 5.69 Å². The normalized spacial score (nSPS) is 11.0. The van der Waals surface area contributed by atoms with Crippen LogP contribution in [0.2, 0.25) is 0 Å². The average molecular weight is 498 g/mol. The minimum Gasteiger partial charge on any atom is -0.482 e. The molecule has 0 saturated heterocycles. The van der Waals surface area contributed by atoms with Gasteiger partial charge in [-0.2, -0.15) is 0 Å². The first-order valence-electron chi connectivity index (χ1n) is 10.5. The van der Waals surface area contributed by atoms with Gasteiger partial charge in [-0.15, -0.1) is 0 Å². The Hall–Kier alpha value is -2.86. The number of halogens is 1. The molecule has 0 bridgehead atoms. The third-order valence-electron chi connectivity index (χ3n) is 5.32. The number of aryl methyl sites for hydroxylation is 2. The fourth-order valence-corrected chi connectivity index (χ4v) is 3.94. The van der Waals surface area contributed by atoms with Crippen LogP contribution in [-0.4, -0.2) is 29.5 Å². The Morgan fingerprint density at radius 3 is 2.31 bits per heavy atom. The van der Waals surface area contributed by atoms with Crippen molar-refractivity contribution in [1.29, 1.82) is 0 Å². The molecule has 6 heteroatoms. The molecule has 3 aromatic rings.